The Morgan fingerprint density at radius 2 is 2.04 bits per heavy atom. The summed E-state index contributed by atoms with van der Waals surface area (Å²) >= 11 is 0. The first-order valence-electron chi connectivity index (χ1n) is 8.06. The first-order valence-corrected chi connectivity index (χ1v) is 8.06. The second-order valence-corrected chi connectivity index (χ2v) is 5.67. The van der Waals surface area contributed by atoms with Gasteiger partial charge in [-0.05, 0) is 19.4 Å². The van der Waals surface area contributed by atoms with E-state index < -0.39 is 0 Å². The van der Waals surface area contributed by atoms with Crippen molar-refractivity contribution in [2.45, 2.75) is 32.9 Å². The molecule has 0 unspecified atom stereocenters. The smallest absolute Gasteiger partial charge is 0.275 e. The number of aromatic nitrogens is 2. The van der Waals surface area contributed by atoms with Crippen LogP contribution >= 0.6 is 0 Å². The lowest BCUT2D eigenvalue weighted by Crippen LogP contribution is -2.46. The molecule has 1 amide bonds. The van der Waals surface area contributed by atoms with Crippen molar-refractivity contribution < 1.29 is 9.53 Å². The van der Waals surface area contributed by atoms with Gasteiger partial charge >= 0.3 is 0 Å². The van der Waals surface area contributed by atoms with Crippen LogP contribution in [-0.2, 0) is 11.3 Å². The molecule has 1 aliphatic heterocycles. The molecule has 1 saturated heterocycles. The van der Waals surface area contributed by atoms with Gasteiger partial charge in [0, 0.05) is 25.0 Å². The standard InChI is InChI=1S/C17H21N3O3/c1-3-12-11-19(9-10-23-12)17(22)15-13-7-5-6-8-14(13)16(21)20(4-2)18-15/h5-8,12H,3-4,9-11H2,1-2H3/t12-/m1/s1. The van der Waals surface area contributed by atoms with E-state index in [0.717, 1.165) is 6.42 Å². The number of carbonyl (C=O) groups excluding carboxylic acids is 1. The zero-order valence-electron chi connectivity index (χ0n) is 13.5. The molecule has 0 spiro atoms. The summed E-state index contributed by atoms with van der Waals surface area (Å²) in [7, 11) is 0. The molecule has 1 fully saturated rings. The third kappa shape index (κ3) is 2.86. The molecule has 6 nitrogen and oxygen atoms in total. The highest BCUT2D eigenvalue weighted by Gasteiger charge is 2.27. The number of morpholine rings is 1. The minimum atomic E-state index is -0.159. The van der Waals surface area contributed by atoms with Gasteiger partial charge in [-0.25, -0.2) is 4.68 Å². The third-order valence-corrected chi connectivity index (χ3v) is 4.25. The maximum atomic E-state index is 12.9. The number of nitrogens with zero attached hydrogens (tertiary/aromatic N) is 3. The molecule has 1 atom stereocenters. The molecular formula is C17H21N3O3. The van der Waals surface area contributed by atoms with E-state index in [1.54, 1.807) is 23.1 Å². The molecule has 1 aromatic heterocycles. The number of carbonyl (C=O) groups is 1. The van der Waals surface area contributed by atoms with E-state index in [2.05, 4.69) is 5.10 Å². The Hall–Kier alpha value is -2.21. The predicted octanol–water partition coefficient (Wildman–Crippen LogP) is 1.67. The van der Waals surface area contributed by atoms with Crippen LogP contribution in [0.3, 0.4) is 0 Å². The maximum Gasteiger partial charge on any atom is 0.275 e. The highest BCUT2D eigenvalue weighted by molar-refractivity contribution is 6.04. The van der Waals surface area contributed by atoms with Gasteiger partial charge < -0.3 is 9.64 Å². The van der Waals surface area contributed by atoms with Crippen LogP contribution in [0.5, 0.6) is 0 Å². The summed E-state index contributed by atoms with van der Waals surface area (Å²) in [5.74, 6) is -0.134. The van der Waals surface area contributed by atoms with Crippen molar-refractivity contribution in [1.82, 2.24) is 14.7 Å². The normalized spacial score (nSPS) is 18.3. The van der Waals surface area contributed by atoms with Crippen molar-refractivity contribution in [3.63, 3.8) is 0 Å². The van der Waals surface area contributed by atoms with Crippen LogP contribution in [0.2, 0.25) is 0 Å². The van der Waals surface area contributed by atoms with Gasteiger partial charge in [0.15, 0.2) is 5.69 Å². The molecule has 0 bridgehead atoms. The molecule has 1 aliphatic rings. The van der Waals surface area contributed by atoms with E-state index in [0.29, 0.717) is 42.7 Å². The summed E-state index contributed by atoms with van der Waals surface area (Å²) in [5, 5.41) is 5.47. The quantitative estimate of drug-likeness (QED) is 0.864. The van der Waals surface area contributed by atoms with Crippen LogP contribution in [0.1, 0.15) is 30.8 Å². The molecule has 1 aromatic carbocycles. The predicted molar refractivity (Wildman–Crippen MR) is 87.6 cm³/mol. The number of benzene rings is 1. The second kappa shape index (κ2) is 6.50. The molecule has 0 N–H and O–H groups in total. The van der Waals surface area contributed by atoms with Crippen LogP contribution in [0.25, 0.3) is 10.8 Å². The highest BCUT2D eigenvalue weighted by atomic mass is 16.5. The Balaban J connectivity index is 2.06. The maximum absolute atomic E-state index is 12.9. The summed E-state index contributed by atoms with van der Waals surface area (Å²) in [4.78, 5) is 27.1. The summed E-state index contributed by atoms with van der Waals surface area (Å²) in [6.07, 6.45) is 0.933. The summed E-state index contributed by atoms with van der Waals surface area (Å²) in [6.45, 7) is 5.98. The van der Waals surface area contributed by atoms with E-state index in [1.165, 1.54) is 4.68 Å². The molecule has 6 heteroatoms. The van der Waals surface area contributed by atoms with Gasteiger partial charge in [-0.1, -0.05) is 25.1 Å². The van der Waals surface area contributed by atoms with Crippen molar-refractivity contribution in [3.8, 4) is 0 Å². The Morgan fingerprint density at radius 3 is 2.74 bits per heavy atom. The van der Waals surface area contributed by atoms with Crippen molar-refractivity contribution in [3.05, 3.63) is 40.3 Å². The molecule has 3 rings (SSSR count). The van der Waals surface area contributed by atoms with Gasteiger partial charge in [0.25, 0.3) is 11.5 Å². The van der Waals surface area contributed by atoms with Gasteiger partial charge in [-0.15, -0.1) is 0 Å². The lowest BCUT2D eigenvalue weighted by atomic mass is 10.1. The van der Waals surface area contributed by atoms with Crippen molar-refractivity contribution in [2.75, 3.05) is 19.7 Å². The van der Waals surface area contributed by atoms with Crippen molar-refractivity contribution in [2.24, 2.45) is 0 Å². The van der Waals surface area contributed by atoms with E-state index in [4.69, 9.17) is 4.74 Å². The van der Waals surface area contributed by atoms with Crippen LogP contribution in [0.4, 0.5) is 0 Å². The van der Waals surface area contributed by atoms with E-state index in [1.807, 2.05) is 19.9 Å². The summed E-state index contributed by atoms with van der Waals surface area (Å²) in [5.41, 5.74) is 0.187. The molecule has 0 aliphatic carbocycles. The molecule has 0 radical (unpaired) electrons. The molecule has 2 heterocycles. The molecular weight excluding hydrogens is 294 g/mol. The van der Waals surface area contributed by atoms with Crippen molar-refractivity contribution >= 4 is 16.7 Å². The second-order valence-electron chi connectivity index (χ2n) is 5.67. The molecule has 0 saturated carbocycles. The summed E-state index contributed by atoms with van der Waals surface area (Å²) in [6, 6.07) is 7.16. The van der Waals surface area contributed by atoms with Crippen molar-refractivity contribution in [1.29, 1.82) is 0 Å². The zero-order chi connectivity index (χ0) is 16.4. The topological polar surface area (TPSA) is 64.4 Å². The SMILES string of the molecule is CC[C@@H]1CN(C(=O)c2nn(CC)c(=O)c3ccccc23)CCO1. The fourth-order valence-electron chi connectivity index (χ4n) is 2.91. The first-order chi connectivity index (χ1) is 11.2. The lowest BCUT2D eigenvalue weighted by Gasteiger charge is -2.32. The van der Waals surface area contributed by atoms with E-state index in [-0.39, 0.29) is 17.6 Å². The fraction of sp³-hybridized carbons (Fsp3) is 0.471. The number of amides is 1. The van der Waals surface area contributed by atoms with Crippen LogP contribution < -0.4 is 5.56 Å². The highest BCUT2D eigenvalue weighted by Crippen LogP contribution is 2.17. The van der Waals surface area contributed by atoms with Gasteiger partial charge in [0.2, 0.25) is 0 Å². The lowest BCUT2D eigenvalue weighted by molar-refractivity contribution is -0.0228. The Labute approximate surface area is 134 Å². The Morgan fingerprint density at radius 1 is 1.30 bits per heavy atom. The minimum absolute atomic E-state index is 0.0658. The number of aryl methyl sites for hydroxylation is 1. The average molecular weight is 315 g/mol. The number of ether oxygens (including phenoxy) is 1. The zero-order valence-corrected chi connectivity index (χ0v) is 13.5. The van der Waals surface area contributed by atoms with Crippen LogP contribution in [0.15, 0.2) is 29.1 Å². The first kappa shape index (κ1) is 15.7. The molecule has 2 aromatic rings. The van der Waals surface area contributed by atoms with Gasteiger partial charge in [0.05, 0.1) is 18.1 Å². The van der Waals surface area contributed by atoms with Gasteiger partial charge in [0.1, 0.15) is 0 Å². The average Bonchev–Trinajstić information content (AvgIpc) is 2.62. The monoisotopic (exact) mass is 315 g/mol. The van der Waals surface area contributed by atoms with Gasteiger partial charge in [-0.3, -0.25) is 9.59 Å². The largest absolute Gasteiger partial charge is 0.375 e. The van der Waals surface area contributed by atoms with E-state index in [9.17, 15) is 9.59 Å². The molecule has 23 heavy (non-hydrogen) atoms. The third-order valence-electron chi connectivity index (χ3n) is 4.25. The number of rotatable bonds is 3. The van der Waals surface area contributed by atoms with E-state index >= 15 is 0 Å². The minimum Gasteiger partial charge on any atom is -0.375 e. The fourth-order valence-corrected chi connectivity index (χ4v) is 2.91. The Kier molecular flexibility index (Phi) is 4.43. The van der Waals surface area contributed by atoms with Gasteiger partial charge in [-0.2, -0.15) is 5.10 Å². The van der Waals surface area contributed by atoms with Crippen LogP contribution in [-0.4, -0.2) is 46.4 Å². The molecule has 122 valence electrons. The summed E-state index contributed by atoms with van der Waals surface area (Å²) < 4.78 is 6.98. The number of hydrogen-bond acceptors (Lipinski definition) is 4. The Bertz CT molecular complexity index is 784. The number of hydrogen-bond donors (Lipinski definition) is 0. The van der Waals surface area contributed by atoms with Crippen LogP contribution in [0, 0.1) is 0 Å². The number of fused-ring (bicyclic) bond motifs is 1.